The van der Waals surface area contributed by atoms with Gasteiger partial charge in [-0.2, -0.15) is 5.10 Å². The van der Waals surface area contributed by atoms with Crippen LogP contribution in [0.1, 0.15) is 44.5 Å². The standard InChI is InChI=1S/C20H29N5O4S/c1-20(2,3)25-16(26)8-15(17(25)13-9-21-24(10-13)6-7-28-4)18(27)23-19-22-14(11-29-5)12-30-19/h9-10,12,15,17H,6-8,11H2,1-5H3,(H,22,23,27)/t15-,17-/m0/s1. The van der Waals surface area contributed by atoms with Gasteiger partial charge in [-0.3, -0.25) is 14.3 Å². The Morgan fingerprint density at radius 2 is 2.10 bits per heavy atom. The number of carbonyl (C=O) groups excluding carboxylic acids is 2. The Kier molecular flexibility index (Phi) is 6.89. The van der Waals surface area contributed by atoms with E-state index in [0.717, 1.165) is 11.3 Å². The van der Waals surface area contributed by atoms with E-state index >= 15 is 0 Å². The van der Waals surface area contributed by atoms with E-state index in [4.69, 9.17) is 9.47 Å². The molecule has 0 saturated carbocycles. The van der Waals surface area contributed by atoms with Crippen molar-refractivity contribution in [2.75, 3.05) is 26.1 Å². The Balaban J connectivity index is 1.86. The molecule has 30 heavy (non-hydrogen) atoms. The van der Waals surface area contributed by atoms with Gasteiger partial charge >= 0.3 is 0 Å². The fourth-order valence-corrected chi connectivity index (χ4v) is 4.46. The molecular weight excluding hydrogens is 406 g/mol. The number of nitrogens with zero attached hydrogens (tertiary/aromatic N) is 4. The average molecular weight is 436 g/mol. The second-order valence-electron chi connectivity index (χ2n) is 8.29. The monoisotopic (exact) mass is 435 g/mol. The molecule has 0 aromatic carbocycles. The summed E-state index contributed by atoms with van der Waals surface area (Å²) in [6.07, 6.45) is 3.77. The van der Waals surface area contributed by atoms with Gasteiger partial charge in [0.25, 0.3) is 0 Å². The van der Waals surface area contributed by atoms with Crippen molar-refractivity contribution in [3.05, 3.63) is 29.0 Å². The van der Waals surface area contributed by atoms with Crippen molar-refractivity contribution in [1.82, 2.24) is 19.7 Å². The van der Waals surface area contributed by atoms with Gasteiger partial charge in [-0.25, -0.2) is 4.98 Å². The van der Waals surface area contributed by atoms with Crippen molar-refractivity contribution < 1.29 is 19.1 Å². The second-order valence-corrected chi connectivity index (χ2v) is 9.14. The number of anilines is 1. The van der Waals surface area contributed by atoms with Crippen molar-refractivity contribution in [3.63, 3.8) is 0 Å². The van der Waals surface area contributed by atoms with Gasteiger partial charge < -0.3 is 19.7 Å². The second kappa shape index (κ2) is 9.23. The summed E-state index contributed by atoms with van der Waals surface area (Å²) in [6, 6.07) is -0.396. The molecule has 2 aromatic rings. The number of aromatic nitrogens is 3. The van der Waals surface area contributed by atoms with Gasteiger partial charge in [-0.1, -0.05) is 0 Å². The lowest BCUT2D eigenvalue weighted by Crippen LogP contribution is -2.44. The number of rotatable bonds is 8. The summed E-state index contributed by atoms with van der Waals surface area (Å²) in [7, 11) is 3.23. The van der Waals surface area contributed by atoms with Crippen LogP contribution in [0.25, 0.3) is 0 Å². The van der Waals surface area contributed by atoms with E-state index in [1.54, 1.807) is 30.0 Å². The first-order valence-corrected chi connectivity index (χ1v) is 10.7. The van der Waals surface area contributed by atoms with Crippen molar-refractivity contribution >= 4 is 28.3 Å². The normalized spacial score (nSPS) is 19.5. The molecule has 9 nitrogen and oxygen atoms in total. The molecule has 2 aromatic heterocycles. The first-order valence-electron chi connectivity index (χ1n) is 9.82. The Hall–Kier alpha value is -2.30. The third-order valence-corrected chi connectivity index (χ3v) is 5.78. The molecule has 0 bridgehead atoms. The summed E-state index contributed by atoms with van der Waals surface area (Å²) in [6.45, 7) is 7.45. The van der Waals surface area contributed by atoms with Crippen molar-refractivity contribution in [2.24, 2.45) is 5.92 Å². The van der Waals surface area contributed by atoms with Crippen LogP contribution in [0.15, 0.2) is 17.8 Å². The zero-order chi connectivity index (χ0) is 21.9. The molecule has 164 valence electrons. The van der Waals surface area contributed by atoms with Crippen molar-refractivity contribution in [1.29, 1.82) is 0 Å². The molecule has 0 radical (unpaired) electrons. The maximum Gasteiger partial charge on any atom is 0.232 e. The highest BCUT2D eigenvalue weighted by atomic mass is 32.1. The third-order valence-electron chi connectivity index (χ3n) is 4.98. The minimum atomic E-state index is -0.536. The number of hydrogen-bond acceptors (Lipinski definition) is 7. The van der Waals surface area contributed by atoms with E-state index in [2.05, 4.69) is 15.4 Å². The molecule has 1 fully saturated rings. The van der Waals surface area contributed by atoms with Crippen LogP contribution in [0.5, 0.6) is 0 Å². The van der Waals surface area contributed by atoms with Gasteiger partial charge in [-0.15, -0.1) is 11.3 Å². The molecule has 1 N–H and O–H groups in total. The predicted molar refractivity (Wildman–Crippen MR) is 113 cm³/mol. The predicted octanol–water partition coefficient (Wildman–Crippen LogP) is 2.46. The number of likely N-dealkylation sites (tertiary alicyclic amines) is 1. The van der Waals surface area contributed by atoms with E-state index in [9.17, 15) is 9.59 Å². The van der Waals surface area contributed by atoms with E-state index in [1.165, 1.54) is 11.3 Å². The number of nitrogens with one attached hydrogen (secondary N) is 1. The Labute approximate surface area is 180 Å². The quantitative estimate of drug-likeness (QED) is 0.684. The number of hydrogen-bond donors (Lipinski definition) is 1. The summed E-state index contributed by atoms with van der Waals surface area (Å²) in [5, 5.41) is 9.62. The van der Waals surface area contributed by atoms with Crippen LogP contribution in [-0.2, 0) is 32.2 Å². The summed E-state index contributed by atoms with van der Waals surface area (Å²) >= 11 is 1.34. The molecule has 1 aliphatic rings. The Morgan fingerprint density at radius 1 is 1.33 bits per heavy atom. The number of carbonyl (C=O) groups is 2. The van der Waals surface area contributed by atoms with E-state index in [1.807, 2.05) is 32.3 Å². The van der Waals surface area contributed by atoms with Gasteiger partial charge in [0.15, 0.2) is 5.13 Å². The topological polar surface area (TPSA) is 98.6 Å². The average Bonchev–Trinajstić information content (AvgIpc) is 3.38. The minimum Gasteiger partial charge on any atom is -0.383 e. The highest BCUT2D eigenvalue weighted by Crippen LogP contribution is 2.43. The summed E-state index contributed by atoms with van der Waals surface area (Å²) in [5.41, 5.74) is 1.16. The van der Waals surface area contributed by atoms with E-state index < -0.39 is 17.5 Å². The summed E-state index contributed by atoms with van der Waals surface area (Å²) < 4.78 is 12.0. The zero-order valence-corrected chi connectivity index (χ0v) is 18.9. The summed E-state index contributed by atoms with van der Waals surface area (Å²) in [4.78, 5) is 32.2. The van der Waals surface area contributed by atoms with Crippen molar-refractivity contribution in [3.8, 4) is 0 Å². The maximum absolute atomic E-state index is 13.2. The lowest BCUT2D eigenvalue weighted by atomic mass is 9.93. The molecule has 3 rings (SSSR count). The van der Waals surface area contributed by atoms with Crippen LogP contribution in [-0.4, -0.2) is 57.8 Å². The molecule has 10 heteroatoms. The molecule has 1 aliphatic heterocycles. The number of amides is 2. The molecular formula is C20H29N5O4S. The van der Waals surface area contributed by atoms with Crippen LogP contribution in [0, 0.1) is 5.92 Å². The van der Waals surface area contributed by atoms with Crippen LogP contribution >= 0.6 is 11.3 Å². The smallest absolute Gasteiger partial charge is 0.232 e. The fraction of sp³-hybridized carbons (Fsp3) is 0.600. The van der Waals surface area contributed by atoms with Crippen LogP contribution in [0.4, 0.5) is 5.13 Å². The van der Waals surface area contributed by atoms with Gasteiger partial charge in [0, 0.05) is 43.3 Å². The lowest BCUT2D eigenvalue weighted by molar-refractivity contribution is -0.133. The Morgan fingerprint density at radius 3 is 2.77 bits per heavy atom. The lowest BCUT2D eigenvalue weighted by Gasteiger charge is -2.38. The van der Waals surface area contributed by atoms with E-state index in [0.29, 0.717) is 24.9 Å². The van der Waals surface area contributed by atoms with Crippen LogP contribution in [0.3, 0.4) is 0 Å². The number of thiazole rings is 1. The van der Waals surface area contributed by atoms with Gasteiger partial charge in [0.2, 0.25) is 11.8 Å². The SMILES string of the molecule is COCCn1cc([C@H]2[C@@H](C(=O)Nc3nc(COC)cs3)CC(=O)N2C(C)(C)C)cn1. The molecule has 0 aliphatic carbocycles. The molecule has 2 amide bonds. The van der Waals surface area contributed by atoms with E-state index in [-0.39, 0.29) is 18.2 Å². The summed E-state index contributed by atoms with van der Waals surface area (Å²) in [5.74, 6) is -0.800. The van der Waals surface area contributed by atoms with Gasteiger partial charge in [0.05, 0.1) is 43.6 Å². The molecule has 1 saturated heterocycles. The first kappa shape index (κ1) is 22.4. The highest BCUT2D eigenvalue weighted by Gasteiger charge is 2.49. The largest absolute Gasteiger partial charge is 0.383 e. The Bertz CT molecular complexity index is 888. The van der Waals surface area contributed by atoms with Crippen molar-refractivity contribution in [2.45, 2.75) is 51.9 Å². The zero-order valence-electron chi connectivity index (χ0n) is 18.0. The van der Waals surface area contributed by atoms with Gasteiger partial charge in [0.1, 0.15) is 0 Å². The molecule has 0 unspecified atom stereocenters. The van der Waals surface area contributed by atoms with Crippen LogP contribution in [0.2, 0.25) is 0 Å². The van der Waals surface area contributed by atoms with Crippen LogP contribution < -0.4 is 5.32 Å². The fourth-order valence-electron chi connectivity index (χ4n) is 3.76. The number of ether oxygens (including phenoxy) is 2. The number of methoxy groups -OCH3 is 2. The van der Waals surface area contributed by atoms with Gasteiger partial charge in [-0.05, 0) is 20.8 Å². The first-order chi connectivity index (χ1) is 14.2. The molecule has 0 spiro atoms. The third kappa shape index (κ3) is 4.88. The highest BCUT2D eigenvalue weighted by molar-refractivity contribution is 7.13. The minimum absolute atomic E-state index is 0.0449. The molecule has 2 atom stereocenters. The molecule has 3 heterocycles. The maximum atomic E-state index is 13.2.